The predicted octanol–water partition coefficient (Wildman–Crippen LogP) is 5.27. The molecule has 1 heterocycles. The zero-order valence-electron chi connectivity index (χ0n) is 14.4. The molecular formula is C17H21ClFN3O2. The Morgan fingerprint density at radius 1 is 1.38 bits per heavy atom. The highest BCUT2D eigenvalue weighted by Crippen LogP contribution is 2.31. The Morgan fingerprint density at radius 3 is 2.58 bits per heavy atom. The lowest BCUT2D eigenvalue weighted by molar-refractivity contribution is 0.0635. The highest BCUT2D eigenvalue weighted by atomic mass is 35.5. The van der Waals surface area contributed by atoms with Crippen molar-refractivity contribution in [3.63, 3.8) is 0 Å². The van der Waals surface area contributed by atoms with Gasteiger partial charge in [0.15, 0.2) is 5.82 Å². The summed E-state index contributed by atoms with van der Waals surface area (Å²) in [5, 5.41) is 7.02. The Balaban J connectivity index is 2.34. The number of halogens is 2. The Bertz CT molecular complexity index is 751. The number of hydrogen-bond acceptors (Lipinski definition) is 3. The van der Waals surface area contributed by atoms with E-state index in [9.17, 15) is 9.18 Å². The molecule has 2 aromatic rings. The maximum absolute atomic E-state index is 14.8. The van der Waals surface area contributed by atoms with Crippen molar-refractivity contribution in [3.05, 3.63) is 35.2 Å². The summed E-state index contributed by atoms with van der Waals surface area (Å²) >= 11 is 6.06. The molecule has 0 fully saturated rings. The Labute approximate surface area is 145 Å². The van der Waals surface area contributed by atoms with Crippen molar-refractivity contribution in [2.45, 2.75) is 46.3 Å². The lowest BCUT2D eigenvalue weighted by Crippen LogP contribution is -2.27. The lowest BCUT2D eigenvalue weighted by Gasteiger charge is -2.20. The third kappa shape index (κ3) is 4.47. The third-order valence-corrected chi connectivity index (χ3v) is 3.30. The van der Waals surface area contributed by atoms with Gasteiger partial charge in [-0.2, -0.15) is 5.10 Å². The summed E-state index contributed by atoms with van der Waals surface area (Å²) in [5.74, 6) is -0.612. The van der Waals surface area contributed by atoms with Gasteiger partial charge in [-0.25, -0.2) is 9.18 Å². The number of nitrogens with zero attached hydrogens (tertiary/aromatic N) is 2. The number of benzene rings is 1. The molecule has 0 saturated carbocycles. The van der Waals surface area contributed by atoms with Crippen LogP contribution in [0.5, 0.6) is 0 Å². The standard InChI is InChI=1S/C17H21ClFN3O2/c1-10(2)22-7-6-13(21-22)12-8-11(18)9-14(15(12)19)20-16(23)24-17(3,4)5/h6-10H,1-5H3,(H,20,23). The number of rotatable bonds is 3. The van der Waals surface area contributed by atoms with Gasteiger partial charge >= 0.3 is 6.09 Å². The number of aromatic nitrogens is 2. The van der Waals surface area contributed by atoms with E-state index in [0.717, 1.165) is 0 Å². The minimum absolute atomic E-state index is 0.0501. The van der Waals surface area contributed by atoms with Gasteiger partial charge in [0.1, 0.15) is 5.60 Å². The summed E-state index contributed by atoms with van der Waals surface area (Å²) in [6.07, 6.45) is 1.02. The van der Waals surface area contributed by atoms with Crippen LogP contribution in [0.3, 0.4) is 0 Å². The summed E-state index contributed by atoms with van der Waals surface area (Å²) in [4.78, 5) is 11.9. The van der Waals surface area contributed by atoms with Crippen LogP contribution in [0, 0.1) is 5.82 Å². The van der Waals surface area contributed by atoms with Gasteiger partial charge in [0.2, 0.25) is 0 Å². The van der Waals surface area contributed by atoms with Gasteiger partial charge in [-0.05, 0) is 52.8 Å². The number of ether oxygens (including phenoxy) is 1. The minimum Gasteiger partial charge on any atom is -0.444 e. The maximum Gasteiger partial charge on any atom is 0.412 e. The smallest absolute Gasteiger partial charge is 0.412 e. The monoisotopic (exact) mass is 353 g/mol. The molecule has 2 rings (SSSR count). The zero-order valence-corrected chi connectivity index (χ0v) is 15.1. The normalized spacial score (nSPS) is 11.7. The van der Waals surface area contributed by atoms with E-state index in [-0.39, 0.29) is 22.3 Å². The molecule has 24 heavy (non-hydrogen) atoms. The third-order valence-electron chi connectivity index (χ3n) is 3.09. The molecular weight excluding hydrogens is 333 g/mol. The maximum atomic E-state index is 14.8. The molecule has 1 aromatic carbocycles. The second-order valence-corrected chi connectivity index (χ2v) is 7.15. The molecule has 0 aliphatic carbocycles. The highest BCUT2D eigenvalue weighted by Gasteiger charge is 2.20. The number of hydrogen-bond donors (Lipinski definition) is 1. The molecule has 0 aliphatic heterocycles. The van der Waals surface area contributed by atoms with Crippen molar-refractivity contribution in [2.75, 3.05) is 5.32 Å². The first kappa shape index (κ1) is 18.3. The van der Waals surface area contributed by atoms with Crippen LogP contribution in [-0.4, -0.2) is 21.5 Å². The molecule has 0 atom stereocenters. The molecule has 1 N–H and O–H groups in total. The quantitative estimate of drug-likeness (QED) is 0.817. The van der Waals surface area contributed by atoms with Gasteiger partial charge in [0.25, 0.3) is 0 Å². The summed E-state index contributed by atoms with van der Waals surface area (Å²) < 4.78 is 21.6. The molecule has 130 valence electrons. The number of amides is 1. The fourth-order valence-corrected chi connectivity index (χ4v) is 2.27. The van der Waals surface area contributed by atoms with Crippen LogP contribution in [-0.2, 0) is 4.74 Å². The SMILES string of the molecule is CC(C)n1ccc(-c2cc(Cl)cc(NC(=O)OC(C)(C)C)c2F)n1. The Kier molecular flexibility index (Phi) is 5.18. The van der Waals surface area contributed by atoms with E-state index in [1.165, 1.54) is 12.1 Å². The van der Waals surface area contributed by atoms with Gasteiger partial charge in [-0.1, -0.05) is 11.6 Å². The fourth-order valence-electron chi connectivity index (χ4n) is 2.05. The van der Waals surface area contributed by atoms with E-state index in [1.54, 1.807) is 37.7 Å². The molecule has 0 unspecified atom stereocenters. The highest BCUT2D eigenvalue weighted by molar-refractivity contribution is 6.31. The molecule has 1 aromatic heterocycles. The summed E-state index contributed by atoms with van der Waals surface area (Å²) in [7, 11) is 0. The average Bonchev–Trinajstić information content (AvgIpc) is 2.90. The van der Waals surface area contributed by atoms with Crippen LogP contribution in [0.1, 0.15) is 40.7 Å². The van der Waals surface area contributed by atoms with Crippen LogP contribution in [0.4, 0.5) is 14.9 Å². The summed E-state index contributed by atoms with van der Waals surface area (Å²) in [6, 6.07) is 4.67. The number of carbonyl (C=O) groups is 1. The topological polar surface area (TPSA) is 56.2 Å². The molecule has 0 spiro atoms. The number of nitrogens with one attached hydrogen (secondary N) is 1. The first-order valence-corrected chi connectivity index (χ1v) is 7.99. The van der Waals surface area contributed by atoms with Crippen LogP contribution in [0.25, 0.3) is 11.3 Å². The molecule has 0 aliphatic rings. The lowest BCUT2D eigenvalue weighted by atomic mass is 10.1. The number of carbonyl (C=O) groups excluding carboxylic acids is 1. The number of anilines is 1. The van der Waals surface area contributed by atoms with Crippen LogP contribution < -0.4 is 5.32 Å². The van der Waals surface area contributed by atoms with Crippen molar-refractivity contribution in [2.24, 2.45) is 0 Å². The second kappa shape index (κ2) is 6.81. The molecule has 0 bridgehead atoms. The van der Waals surface area contributed by atoms with Gasteiger partial charge in [0, 0.05) is 22.8 Å². The first-order chi connectivity index (χ1) is 11.1. The molecule has 0 radical (unpaired) electrons. The van der Waals surface area contributed by atoms with E-state index in [1.807, 2.05) is 13.8 Å². The molecule has 1 amide bonds. The van der Waals surface area contributed by atoms with E-state index in [0.29, 0.717) is 5.69 Å². The van der Waals surface area contributed by atoms with Crippen LogP contribution in [0.2, 0.25) is 5.02 Å². The summed E-state index contributed by atoms with van der Waals surface area (Å²) in [5.41, 5.74) is -0.0763. The fraction of sp³-hybridized carbons (Fsp3) is 0.412. The van der Waals surface area contributed by atoms with E-state index in [2.05, 4.69) is 10.4 Å². The predicted molar refractivity (Wildman–Crippen MR) is 92.9 cm³/mol. The van der Waals surface area contributed by atoms with Crippen molar-refractivity contribution in [1.29, 1.82) is 0 Å². The van der Waals surface area contributed by atoms with Gasteiger partial charge < -0.3 is 4.74 Å². The van der Waals surface area contributed by atoms with Crippen molar-refractivity contribution in [1.82, 2.24) is 9.78 Å². The van der Waals surface area contributed by atoms with Crippen molar-refractivity contribution in [3.8, 4) is 11.3 Å². The molecule has 7 heteroatoms. The van der Waals surface area contributed by atoms with Gasteiger partial charge in [-0.15, -0.1) is 0 Å². The van der Waals surface area contributed by atoms with Crippen LogP contribution in [0.15, 0.2) is 24.4 Å². The minimum atomic E-state index is -0.748. The van der Waals surface area contributed by atoms with Crippen LogP contribution >= 0.6 is 11.6 Å². The van der Waals surface area contributed by atoms with Crippen molar-refractivity contribution < 1.29 is 13.9 Å². The first-order valence-electron chi connectivity index (χ1n) is 7.61. The van der Waals surface area contributed by atoms with Gasteiger partial charge in [0.05, 0.1) is 11.4 Å². The largest absolute Gasteiger partial charge is 0.444 e. The molecule has 5 nitrogen and oxygen atoms in total. The van der Waals surface area contributed by atoms with Gasteiger partial charge in [-0.3, -0.25) is 10.00 Å². The van der Waals surface area contributed by atoms with E-state index >= 15 is 0 Å². The second-order valence-electron chi connectivity index (χ2n) is 6.72. The van der Waals surface area contributed by atoms with E-state index < -0.39 is 17.5 Å². The van der Waals surface area contributed by atoms with Crippen molar-refractivity contribution >= 4 is 23.4 Å². The Hall–Kier alpha value is -2.08. The Morgan fingerprint density at radius 2 is 2.04 bits per heavy atom. The molecule has 0 saturated heterocycles. The average molecular weight is 354 g/mol. The zero-order chi connectivity index (χ0) is 18.1. The van der Waals surface area contributed by atoms with E-state index in [4.69, 9.17) is 16.3 Å². The summed E-state index contributed by atoms with van der Waals surface area (Å²) in [6.45, 7) is 9.13.